The third kappa shape index (κ3) is 4.48. The van der Waals surface area contributed by atoms with E-state index in [-0.39, 0.29) is 0 Å². The first kappa shape index (κ1) is 15.9. The quantitative estimate of drug-likeness (QED) is 0.684. The van der Waals surface area contributed by atoms with E-state index in [0.29, 0.717) is 18.2 Å². The number of carbonyl (C=O) groups is 1. The first-order valence-electron chi connectivity index (χ1n) is 4.87. The molecule has 1 N–H and O–H groups in total. The molecular weight excluding hydrogens is 294 g/mol. The Kier molecular flexibility index (Phi) is 4.31. The van der Waals surface area contributed by atoms with Gasteiger partial charge in [0.25, 0.3) is 0 Å². The lowest BCUT2D eigenvalue weighted by molar-refractivity contribution is -0.276. The highest BCUT2D eigenvalue weighted by Crippen LogP contribution is 2.40. The highest BCUT2D eigenvalue weighted by molar-refractivity contribution is 5.86. The summed E-state index contributed by atoms with van der Waals surface area (Å²) in [5.74, 6) is -3.02. The molecule has 0 fully saturated rings. The predicted molar refractivity (Wildman–Crippen MR) is 54.8 cm³/mol. The van der Waals surface area contributed by atoms with Crippen LogP contribution >= 0.6 is 0 Å². The lowest BCUT2D eigenvalue weighted by Gasteiger charge is -2.17. The number of rotatable bonds is 3. The maximum Gasteiger partial charge on any atom is 0.573 e. The maximum atomic E-state index is 12.6. The molecule has 0 atom stereocenters. The van der Waals surface area contributed by atoms with Crippen LogP contribution in [0, 0.1) is 0 Å². The average Bonchev–Trinajstić information content (AvgIpc) is 2.23. The highest BCUT2D eigenvalue weighted by Gasteiger charge is 2.40. The molecule has 0 aromatic heterocycles. The maximum absolute atomic E-state index is 12.6. The number of carboxylic acid groups (broad SMARTS) is 1. The molecule has 0 spiro atoms. The van der Waals surface area contributed by atoms with Gasteiger partial charge in [0.2, 0.25) is 0 Å². The number of para-hydroxylation sites is 1. The second-order valence-electron chi connectivity index (χ2n) is 3.44. The first-order chi connectivity index (χ1) is 9.00. The number of hydrogen-bond acceptors (Lipinski definition) is 2. The Labute approximate surface area is 108 Å². The number of hydrogen-bond donors (Lipinski definition) is 1. The van der Waals surface area contributed by atoms with E-state index in [4.69, 9.17) is 5.11 Å². The molecule has 0 amide bonds. The molecule has 20 heavy (non-hydrogen) atoms. The van der Waals surface area contributed by atoms with Gasteiger partial charge in [0.15, 0.2) is 0 Å². The van der Waals surface area contributed by atoms with E-state index in [0.717, 1.165) is 12.1 Å². The Hall–Kier alpha value is -2.19. The smallest absolute Gasteiger partial charge is 0.478 e. The fourth-order valence-electron chi connectivity index (χ4n) is 1.30. The van der Waals surface area contributed by atoms with Crippen molar-refractivity contribution >= 4 is 12.0 Å². The summed E-state index contributed by atoms with van der Waals surface area (Å²) in [5.41, 5.74) is -2.30. The zero-order chi connectivity index (χ0) is 15.6. The van der Waals surface area contributed by atoms with Crippen molar-refractivity contribution in [2.24, 2.45) is 0 Å². The van der Waals surface area contributed by atoms with Crippen LogP contribution < -0.4 is 4.74 Å². The molecule has 0 radical (unpaired) electrons. The van der Waals surface area contributed by atoms with Gasteiger partial charge in [-0.2, -0.15) is 13.2 Å². The molecule has 0 aliphatic rings. The van der Waals surface area contributed by atoms with Gasteiger partial charge < -0.3 is 9.84 Å². The predicted octanol–water partition coefficient (Wildman–Crippen LogP) is 3.70. The van der Waals surface area contributed by atoms with Crippen LogP contribution in [-0.2, 0) is 11.0 Å². The van der Waals surface area contributed by atoms with Crippen LogP contribution in [0.3, 0.4) is 0 Å². The van der Waals surface area contributed by atoms with Crippen molar-refractivity contribution in [2.45, 2.75) is 12.5 Å². The zero-order valence-corrected chi connectivity index (χ0v) is 9.42. The second-order valence-corrected chi connectivity index (χ2v) is 3.44. The van der Waals surface area contributed by atoms with Crippen molar-refractivity contribution in [1.82, 2.24) is 0 Å². The highest BCUT2D eigenvalue weighted by atomic mass is 19.4. The summed E-state index contributed by atoms with van der Waals surface area (Å²) in [6.07, 6.45) is -9.43. The Balaban J connectivity index is 3.40. The molecule has 110 valence electrons. The average molecular weight is 300 g/mol. The number of ether oxygens (including phenoxy) is 1. The van der Waals surface area contributed by atoms with Crippen LogP contribution in [0.1, 0.15) is 11.1 Å². The van der Waals surface area contributed by atoms with Gasteiger partial charge in [-0.1, -0.05) is 12.1 Å². The van der Waals surface area contributed by atoms with Crippen molar-refractivity contribution in [1.29, 1.82) is 0 Å². The van der Waals surface area contributed by atoms with Crippen LogP contribution in [0.25, 0.3) is 6.08 Å². The third-order valence-corrected chi connectivity index (χ3v) is 1.97. The van der Waals surface area contributed by atoms with Crippen LogP contribution in [0.5, 0.6) is 5.75 Å². The molecule has 0 saturated carbocycles. The standard InChI is InChI=1S/C11H6F6O3/c12-10(13,14)7-3-1-2-6(4-5-8(18)19)9(7)20-11(15,16)17/h1-5H,(H,18,19)/b5-4+. The van der Waals surface area contributed by atoms with Crippen molar-refractivity contribution < 1.29 is 41.0 Å². The van der Waals surface area contributed by atoms with Crippen LogP contribution in [-0.4, -0.2) is 17.4 Å². The number of alkyl halides is 6. The number of benzene rings is 1. The molecule has 1 aromatic rings. The van der Waals surface area contributed by atoms with Crippen molar-refractivity contribution in [2.75, 3.05) is 0 Å². The lowest BCUT2D eigenvalue weighted by atomic mass is 10.1. The van der Waals surface area contributed by atoms with E-state index < -0.39 is 35.4 Å². The van der Waals surface area contributed by atoms with Gasteiger partial charge in [0.1, 0.15) is 5.75 Å². The molecule has 0 aliphatic carbocycles. The molecule has 0 saturated heterocycles. The fraction of sp³-hybridized carbons (Fsp3) is 0.182. The van der Waals surface area contributed by atoms with Crippen LogP contribution in [0.15, 0.2) is 24.3 Å². The minimum absolute atomic E-state index is 0.402. The number of aliphatic carboxylic acids is 1. The minimum Gasteiger partial charge on any atom is -0.478 e. The Morgan fingerprint density at radius 2 is 1.75 bits per heavy atom. The molecular formula is C11H6F6O3. The molecule has 0 bridgehead atoms. The summed E-state index contributed by atoms with van der Waals surface area (Å²) in [4.78, 5) is 10.3. The summed E-state index contributed by atoms with van der Waals surface area (Å²) in [6, 6.07) is 2.11. The fourth-order valence-corrected chi connectivity index (χ4v) is 1.30. The SMILES string of the molecule is O=C(O)/C=C/c1cccc(C(F)(F)F)c1OC(F)(F)F. The van der Waals surface area contributed by atoms with Crippen LogP contribution in [0.4, 0.5) is 26.3 Å². The second kappa shape index (κ2) is 5.43. The van der Waals surface area contributed by atoms with E-state index in [1.807, 2.05) is 0 Å². The summed E-state index contributed by atoms with van der Waals surface area (Å²) in [6.45, 7) is 0. The summed E-state index contributed by atoms with van der Waals surface area (Å²) >= 11 is 0. The molecule has 1 aromatic carbocycles. The van der Waals surface area contributed by atoms with Gasteiger partial charge >= 0.3 is 18.5 Å². The number of halogens is 6. The summed E-state index contributed by atoms with van der Waals surface area (Å²) in [7, 11) is 0. The molecule has 0 aliphatic heterocycles. The zero-order valence-electron chi connectivity index (χ0n) is 9.42. The molecule has 3 nitrogen and oxygen atoms in total. The van der Waals surface area contributed by atoms with E-state index in [1.165, 1.54) is 0 Å². The lowest BCUT2D eigenvalue weighted by Crippen LogP contribution is -2.21. The van der Waals surface area contributed by atoms with Crippen LogP contribution in [0.2, 0.25) is 0 Å². The Morgan fingerprint density at radius 3 is 2.20 bits per heavy atom. The minimum atomic E-state index is -5.34. The summed E-state index contributed by atoms with van der Waals surface area (Å²) in [5, 5.41) is 8.36. The van der Waals surface area contributed by atoms with Gasteiger partial charge in [-0.25, -0.2) is 4.79 Å². The normalized spacial score (nSPS) is 12.7. The van der Waals surface area contributed by atoms with E-state index >= 15 is 0 Å². The number of carboxylic acids is 1. The van der Waals surface area contributed by atoms with Crippen molar-refractivity contribution in [3.05, 3.63) is 35.4 Å². The van der Waals surface area contributed by atoms with Crippen molar-refractivity contribution in [3.63, 3.8) is 0 Å². The van der Waals surface area contributed by atoms with E-state index in [1.54, 1.807) is 0 Å². The van der Waals surface area contributed by atoms with Gasteiger partial charge in [-0.05, 0) is 12.1 Å². The molecule has 9 heteroatoms. The topological polar surface area (TPSA) is 46.5 Å². The van der Waals surface area contributed by atoms with Crippen molar-refractivity contribution in [3.8, 4) is 5.75 Å². The van der Waals surface area contributed by atoms with Gasteiger partial charge in [0.05, 0.1) is 5.56 Å². The van der Waals surface area contributed by atoms with Gasteiger partial charge in [-0.3, -0.25) is 0 Å². The molecule has 0 unspecified atom stereocenters. The first-order valence-corrected chi connectivity index (χ1v) is 4.87. The third-order valence-electron chi connectivity index (χ3n) is 1.97. The van der Waals surface area contributed by atoms with E-state index in [9.17, 15) is 31.1 Å². The van der Waals surface area contributed by atoms with Gasteiger partial charge in [-0.15, -0.1) is 13.2 Å². The summed E-state index contributed by atoms with van der Waals surface area (Å²) < 4.78 is 77.7. The Morgan fingerprint density at radius 1 is 1.15 bits per heavy atom. The monoisotopic (exact) mass is 300 g/mol. The largest absolute Gasteiger partial charge is 0.573 e. The molecule has 1 rings (SSSR count). The molecule has 0 heterocycles. The van der Waals surface area contributed by atoms with Gasteiger partial charge in [0, 0.05) is 11.6 Å². The van der Waals surface area contributed by atoms with E-state index in [2.05, 4.69) is 4.74 Å². The Bertz CT molecular complexity index is 530.